The summed E-state index contributed by atoms with van der Waals surface area (Å²) < 4.78 is 5.07. The first-order chi connectivity index (χ1) is 9.19. The molecule has 3 rings (SSSR count). The Hall–Kier alpha value is -2.83. The van der Waals surface area contributed by atoms with Gasteiger partial charge >= 0.3 is 5.69 Å². The van der Waals surface area contributed by atoms with E-state index in [-0.39, 0.29) is 5.65 Å². The van der Waals surface area contributed by atoms with Gasteiger partial charge in [-0.05, 0) is 24.3 Å². The van der Waals surface area contributed by atoms with Gasteiger partial charge in [0.15, 0.2) is 5.65 Å². The van der Waals surface area contributed by atoms with E-state index in [1.165, 1.54) is 0 Å². The van der Waals surface area contributed by atoms with Gasteiger partial charge in [-0.15, -0.1) is 0 Å². The molecule has 0 fully saturated rings. The van der Waals surface area contributed by atoms with E-state index in [0.717, 1.165) is 11.3 Å². The Kier molecular flexibility index (Phi) is 2.45. The van der Waals surface area contributed by atoms with Crippen molar-refractivity contribution in [3.8, 4) is 17.0 Å². The minimum absolute atomic E-state index is 0.236. The first kappa shape index (κ1) is 11.3. The Morgan fingerprint density at radius 2 is 1.84 bits per heavy atom. The number of fused-ring (bicyclic) bond motifs is 1. The summed E-state index contributed by atoms with van der Waals surface area (Å²) >= 11 is 0. The molecule has 0 aliphatic heterocycles. The summed E-state index contributed by atoms with van der Waals surface area (Å²) in [6.45, 7) is 0. The zero-order valence-corrected chi connectivity index (χ0v) is 9.98. The van der Waals surface area contributed by atoms with E-state index in [4.69, 9.17) is 4.74 Å². The van der Waals surface area contributed by atoms with Crippen LogP contribution in [-0.4, -0.2) is 27.3 Å². The quantitative estimate of drug-likeness (QED) is 0.626. The van der Waals surface area contributed by atoms with Crippen molar-refractivity contribution >= 4 is 11.0 Å². The molecular formula is C12H10N4O3. The third kappa shape index (κ3) is 1.81. The summed E-state index contributed by atoms with van der Waals surface area (Å²) in [6, 6.07) is 7.16. The predicted octanol–water partition coefficient (Wildman–Crippen LogP) is 0.615. The van der Waals surface area contributed by atoms with Crippen molar-refractivity contribution < 1.29 is 4.74 Å². The molecular weight excluding hydrogens is 248 g/mol. The SMILES string of the molecule is COc1ccc(-c2[nH]nc3[nH]c(=O)[nH]c(=O)c23)cc1. The summed E-state index contributed by atoms with van der Waals surface area (Å²) in [5, 5.41) is 7.01. The highest BCUT2D eigenvalue weighted by molar-refractivity contribution is 5.89. The summed E-state index contributed by atoms with van der Waals surface area (Å²) in [5.74, 6) is 0.717. The van der Waals surface area contributed by atoms with Crippen LogP contribution >= 0.6 is 0 Å². The number of benzene rings is 1. The first-order valence-electron chi connectivity index (χ1n) is 5.54. The molecule has 3 aromatic rings. The van der Waals surface area contributed by atoms with Crippen molar-refractivity contribution in [2.75, 3.05) is 7.11 Å². The van der Waals surface area contributed by atoms with Crippen LogP contribution in [0.1, 0.15) is 0 Å². The smallest absolute Gasteiger partial charge is 0.327 e. The molecule has 0 aliphatic carbocycles. The van der Waals surface area contributed by atoms with Gasteiger partial charge in [0.2, 0.25) is 0 Å². The van der Waals surface area contributed by atoms with Crippen molar-refractivity contribution in [1.29, 1.82) is 0 Å². The molecule has 7 heteroatoms. The zero-order chi connectivity index (χ0) is 13.4. The molecule has 0 aliphatic rings. The molecule has 7 nitrogen and oxygen atoms in total. The van der Waals surface area contributed by atoms with Crippen molar-refractivity contribution in [2.45, 2.75) is 0 Å². The molecule has 0 saturated carbocycles. The molecule has 0 amide bonds. The number of hydrogen-bond acceptors (Lipinski definition) is 4. The number of aromatic amines is 3. The normalized spacial score (nSPS) is 10.8. The number of ether oxygens (including phenoxy) is 1. The van der Waals surface area contributed by atoms with E-state index in [0.29, 0.717) is 11.1 Å². The molecule has 0 spiro atoms. The number of aromatic nitrogens is 4. The molecule has 1 aromatic carbocycles. The monoisotopic (exact) mass is 258 g/mol. The van der Waals surface area contributed by atoms with Gasteiger partial charge < -0.3 is 4.74 Å². The molecule has 0 bridgehead atoms. The number of nitrogens with one attached hydrogen (secondary N) is 3. The van der Waals surface area contributed by atoms with Gasteiger partial charge in [0, 0.05) is 5.56 Å². The zero-order valence-electron chi connectivity index (χ0n) is 9.98. The van der Waals surface area contributed by atoms with Gasteiger partial charge in [-0.1, -0.05) is 0 Å². The Morgan fingerprint density at radius 1 is 1.11 bits per heavy atom. The fraction of sp³-hybridized carbons (Fsp3) is 0.0833. The van der Waals surface area contributed by atoms with Crippen LogP contribution in [0.25, 0.3) is 22.3 Å². The van der Waals surface area contributed by atoms with Gasteiger partial charge in [-0.2, -0.15) is 5.10 Å². The number of nitrogens with zero attached hydrogens (tertiary/aromatic N) is 1. The Labute approximate surface area is 106 Å². The molecule has 3 N–H and O–H groups in total. The van der Waals surface area contributed by atoms with E-state index in [9.17, 15) is 9.59 Å². The average Bonchev–Trinajstić information content (AvgIpc) is 2.83. The predicted molar refractivity (Wildman–Crippen MR) is 69.3 cm³/mol. The maximum Gasteiger partial charge on any atom is 0.327 e. The number of methoxy groups -OCH3 is 1. The van der Waals surface area contributed by atoms with Crippen molar-refractivity contribution in [2.24, 2.45) is 0 Å². The Bertz CT molecular complexity index is 842. The highest BCUT2D eigenvalue weighted by Crippen LogP contribution is 2.24. The number of rotatable bonds is 2. The van der Waals surface area contributed by atoms with E-state index < -0.39 is 11.2 Å². The van der Waals surface area contributed by atoms with Gasteiger partial charge in [0.1, 0.15) is 11.1 Å². The topological polar surface area (TPSA) is 104 Å². The highest BCUT2D eigenvalue weighted by Gasteiger charge is 2.12. The minimum atomic E-state index is -0.578. The van der Waals surface area contributed by atoms with Gasteiger partial charge in [0.05, 0.1) is 12.8 Å². The summed E-state index contributed by atoms with van der Waals surface area (Å²) in [7, 11) is 1.58. The second kappa shape index (κ2) is 4.13. The second-order valence-corrected chi connectivity index (χ2v) is 3.96. The lowest BCUT2D eigenvalue weighted by molar-refractivity contribution is 0.415. The van der Waals surface area contributed by atoms with E-state index in [1.807, 2.05) is 0 Å². The molecule has 96 valence electrons. The van der Waals surface area contributed by atoms with E-state index in [2.05, 4.69) is 20.2 Å². The highest BCUT2D eigenvalue weighted by atomic mass is 16.5. The largest absolute Gasteiger partial charge is 0.497 e. The van der Waals surface area contributed by atoms with Crippen LogP contribution in [-0.2, 0) is 0 Å². The van der Waals surface area contributed by atoms with Crippen LogP contribution in [0.15, 0.2) is 33.9 Å². The van der Waals surface area contributed by atoms with Gasteiger partial charge in [-0.25, -0.2) is 4.79 Å². The van der Waals surface area contributed by atoms with E-state index in [1.54, 1.807) is 31.4 Å². The van der Waals surface area contributed by atoms with Crippen LogP contribution in [0.5, 0.6) is 5.75 Å². The summed E-state index contributed by atoms with van der Waals surface area (Å²) in [6.07, 6.45) is 0. The fourth-order valence-corrected chi connectivity index (χ4v) is 1.92. The Balaban J connectivity index is 2.25. The second-order valence-electron chi connectivity index (χ2n) is 3.96. The minimum Gasteiger partial charge on any atom is -0.497 e. The van der Waals surface area contributed by atoms with Crippen LogP contribution < -0.4 is 16.0 Å². The molecule has 0 unspecified atom stereocenters. The molecule has 19 heavy (non-hydrogen) atoms. The number of H-pyrrole nitrogens is 3. The third-order valence-corrected chi connectivity index (χ3v) is 2.83. The standard InChI is InChI=1S/C12H10N4O3/c1-19-7-4-2-6(3-5-7)9-8-10(16-15-9)13-12(18)14-11(8)17/h2-5H,1H3,(H3,13,14,15,16,17,18). The molecule has 0 atom stereocenters. The third-order valence-electron chi connectivity index (χ3n) is 2.83. The summed E-state index contributed by atoms with van der Waals surface area (Å²) in [4.78, 5) is 27.6. The molecule has 2 heterocycles. The van der Waals surface area contributed by atoms with Crippen LogP contribution in [0, 0.1) is 0 Å². The van der Waals surface area contributed by atoms with Gasteiger partial charge in [-0.3, -0.25) is 19.9 Å². The lowest BCUT2D eigenvalue weighted by Gasteiger charge is -2.01. The first-order valence-corrected chi connectivity index (χ1v) is 5.54. The lowest BCUT2D eigenvalue weighted by Crippen LogP contribution is -2.21. The summed E-state index contributed by atoms with van der Waals surface area (Å²) in [5.41, 5.74) is 0.513. The van der Waals surface area contributed by atoms with Crippen LogP contribution in [0.2, 0.25) is 0 Å². The van der Waals surface area contributed by atoms with Crippen molar-refractivity contribution in [3.63, 3.8) is 0 Å². The van der Waals surface area contributed by atoms with Crippen molar-refractivity contribution in [3.05, 3.63) is 45.1 Å². The van der Waals surface area contributed by atoms with Crippen LogP contribution in [0.3, 0.4) is 0 Å². The fourth-order valence-electron chi connectivity index (χ4n) is 1.92. The molecule has 2 aromatic heterocycles. The average molecular weight is 258 g/mol. The van der Waals surface area contributed by atoms with Crippen molar-refractivity contribution in [1.82, 2.24) is 20.2 Å². The number of hydrogen-bond donors (Lipinski definition) is 3. The van der Waals surface area contributed by atoms with E-state index >= 15 is 0 Å². The maximum absolute atomic E-state index is 11.8. The molecule has 0 radical (unpaired) electrons. The van der Waals surface area contributed by atoms with Crippen LogP contribution in [0.4, 0.5) is 0 Å². The lowest BCUT2D eigenvalue weighted by atomic mass is 10.1. The van der Waals surface area contributed by atoms with Gasteiger partial charge in [0.25, 0.3) is 5.56 Å². The Morgan fingerprint density at radius 3 is 2.53 bits per heavy atom. The molecule has 0 saturated heterocycles. The maximum atomic E-state index is 11.8.